The molecule has 0 unspecified atom stereocenters. The number of aromatic nitrogens is 2. The van der Waals surface area contributed by atoms with Gasteiger partial charge in [0.2, 0.25) is 5.95 Å². The SMILES string of the molecule is N#Cc1c(F)cccc1-n1c(N)nc2cc(F)c(Br)cc21. The van der Waals surface area contributed by atoms with Gasteiger partial charge in [-0.2, -0.15) is 5.26 Å². The summed E-state index contributed by atoms with van der Waals surface area (Å²) in [5, 5.41) is 9.13. The van der Waals surface area contributed by atoms with Crippen LogP contribution in [-0.2, 0) is 0 Å². The molecule has 0 aliphatic carbocycles. The van der Waals surface area contributed by atoms with Gasteiger partial charge >= 0.3 is 0 Å². The fraction of sp³-hybridized carbons (Fsp3) is 0. The van der Waals surface area contributed by atoms with Gasteiger partial charge in [-0.15, -0.1) is 0 Å². The van der Waals surface area contributed by atoms with Gasteiger partial charge in [0.25, 0.3) is 0 Å². The Morgan fingerprint density at radius 2 is 2.00 bits per heavy atom. The van der Waals surface area contributed by atoms with E-state index >= 15 is 0 Å². The molecule has 3 rings (SSSR count). The average molecular weight is 349 g/mol. The maximum absolute atomic E-state index is 13.8. The Bertz CT molecular complexity index is 911. The third kappa shape index (κ3) is 2.04. The van der Waals surface area contributed by atoms with E-state index in [-0.39, 0.29) is 21.7 Å². The van der Waals surface area contributed by atoms with Crippen LogP contribution in [0.3, 0.4) is 0 Å². The lowest BCUT2D eigenvalue weighted by atomic mass is 10.1. The maximum Gasteiger partial charge on any atom is 0.205 e. The highest BCUT2D eigenvalue weighted by atomic mass is 79.9. The van der Waals surface area contributed by atoms with Crippen LogP contribution in [0.1, 0.15) is 5.56 Å². The molecule has 0 saturated carbocycles. The molecule has 21 heavy (non-hydrogen) atoms. The van der Waals surface area contributed by atoms with E-state index in [0.717, 1.165) is 0 Å². The summed E-state index contributed by atoms with van der Waals surface area (Å²) in [4.78, 5) is 4.04. The van der Waals surface area contributed by atoms with E-state index in [1.165, 1.54) is 28.8 Å². The zero-order valence-electron chi connectivity index (χ0n) is 10.4. The number of imidazole rings is 1. The van der Waals surface area contributed by atoms with Crippen molar-refractivity contribution in [1.82, 2.24) is 9.55 Å². The van der Waals surface area contributed by atoms with Gasteiger partial charge in [-0.3, -0.25) is 4.57 Å². The monoisotopic (exact) mass is 348 g/mol. The van der Waals surface area contributed by atoms with E-state index in [1.54, 1.807) is 12.1 Å². The van der Waals surface area contributed by atoms with E-state index < -0.39 is 11.6 Å². The van der Waals surface area contributed by atoms with Gasteiger partial charge in [0.1, 0.15) is 23.3 Å². The molecule has 0 radical (unpaired) electrons. The second-order valence-electron chi connectivity index (χ2n) is 4.31. The van der Waals surface area contributed by atoms with Crippen LogP contribution in [0, 0.1) is 23.0 Å². The molecule has 7 heteroatoms. The number of nitrogens with zero attached hydrogens (tertiary/aromatic N) is 3. The van der Waals surface area contributed by atoms with Gasteiger partial charge in [-0.05, 0) is 34.1 Å². The number of nitrogen functional groups attached to an aromatic ring is 1. The third-order valence-electron chi connectivity index (χ3n) is 3.07. The Hall–Kier alpha value is -2.46. The summed E-state index contributed by atoms with van der Waals surface area (Å²) in [6.07, 6.45) is 0. The van der Waals surface area contributed by atoms with Crippen molar-refractivity contribution in [3.8, 4) is 11.8 Å². The van der Waals surface area contributed by atoms with Crippen molar-refractivity contribution in [2.24, 2.45) is 0 Å². The Labute approximate surface area is 126 Å². The predicted molar refractivity (Wildman–Crippen MR) is 77.8 cm³/mol. The molecule has 104 valence electrons. The standard InChI is InChI=1S/C14H7BrF2N4/c15-8-4-13-11(5-10(8)17)20-14(19)21(13)12-3-1-2-9(16)7(12)6-18/h1-5H,(H2,19,20). The van der Waals surface area contributed by atoms with E-state index in [0.29, 0.717) is 11.0 Å². The van der Waals surface area contributed by atoms with Crippen molar-refractivity contribution in [2.75, 3.05) is 5.73 Å². The molecule has 2 N–H and O–H groups in total. The molecule has 2 aromatic carbocycles. The molecular formula is C14H7BrF2N4. The number of benzene rings is 2. The van der Waals surface area contributed by atoms with Gasteiger partial charge in [0.05, 0.1) is 21.2 Å². The quantitative estimate of drug-likeness (QED) is 0.731. The predicted octanol–water partition coefficient (Wildman–Crippen LogP) is 3.52. The minimum atomic E-state index is -0.655. The number of nitrogens with two attached hydrogens (primary N) is 1. The average Bonchev–Trinajstić information content (AvgIpc) is 2.74. The number of rotatable bonds is 1. The molecular weight excluding hydrogens is 342 g/mol. The van der Waals surface area contributed by atoms with Crippen LogP contribution in [-0.4, -0.2) is 9.55 Å². The summed E-state index contributed by atoms with van der Waals surface area (Å²) in [5.41, 5.74) is 6.75. The molecule has 0 amide bonds. The van der Waals surface area contributed by atoms with E-state index in [2.05, 4.69) is 20.9 Å². The first-order valence-electron chi connectivity index (χ1n) is 5.85. The highest BCUT2D eigenvalue weighted by Gasteiger charge is 2.17. The summed E-state index contributed by atoms with van der Waals surface area (Å²) < 4.78 is 28.9. The highest BCUT2D eigenvalue weighted by Crippen LogP contribution is 2.29. The Balaban J connectivity index is 2.41. The number of fused-ring (bicyclic) bond motifs is 1. The third-order valence-corrected chi connectivity index (χ3v) is 3.67. The Morgan fingerprint density at radius 1 is 1.24 bits per heavy atom. The molecule has 3 aromatic rings. The smallest absolute Gasteiger partial charge is 0.205 e. The number of anilines is 1. The zero-order valence-corrected chi connectivity index (χ0v) is 12.0. The second-order valence-corrected chi connectivity index (χ2v) is 5.16. The molecule has 0 aliphatic heterocycles. The first-order valence-corrected chi connectivity index (χ1v) is 6.64. The summed E-state index contributed by atoms with van der Waals surface area (Å²) in [6.45, 7) is 0. The molecule has 0 bridgehead atoms. The van der Waals surface area contributed by atoms with Crippen molar-refractivity contribution >= 4 is 32.9 Å². The van der Waals surface area contributed by atoms with Gasteiger partial charge in [0.15, 0.2) is 0 Å². The van der Waals surface area contributed by atoms with Gasteiger partial charge in [0, 0.05) is 6.07 Å². The lowest BCUT2D eigenvalue weighted by molar-refractivity contribution is 0.621. The van der Waals surface area contributed by atoms with Crippen LogP contribution in [0.15, 0.2) is 34.8 Å². The van der Waals surface area contributed by atoms with E-state index in [9.17, 15) is 8.78 Å². The largest absolute Gasteiger partial charge is 0.369 e. The molecule has 4 nitrogen and oxygen atoms in total. The van der Waals surface area contributed by atoms with Gasteiger partial charge in [-0.1, -0.05) is 6.07 Å². The Morgan fingerprint density at radius 3 is 2.71 bits per heavy atom. The number of hydrogen-bond donors (Lipinski definition) is 1. The molecule has 0 spiro atoms. The molecule has 1 aromatic heterocycles. The molecule has 0 saturated heterocycles. The fourth-order valence-electron chi connectivity index (χ4n) is 2.15. The van der Waals surface area contributed by atoms with Crippen LogP contribution in [0.5, 0.6) is 0 Å². The fourth-order valence-corrected chi connectivity index (χ4v) is 2.49. The summed E-state index contributed by atoms with van der Waals surface area (Å²) in [7, 11) is 0. The molecule has 0 aliphatic rings. The lowest BCUT2D eigenvalue weighted by Gasteiger charge is -2.09. The lowest BCUT2D eigenvalue weighted by Crippen LogP contribution is -2.04. The van der Waals surface area contributed by atoms with Crippen LogP contribution < -0.4 is 5.73 Å². The minimum absolute atomic E-state index is 0.0459. The van der Waals surface area contributed by atoms with Crippen LogP contribution >= 0.6 is 15.9 Å². The first-order chi connectivity index (χ1) is 10.0. The normalized spacial score (nSPS) is 10.8. The van der Waals surface area contributed by atoms with E-state index in [4.69, 9.17) is 11.0 Å². The minimum Gasteiger partial charge on any atom is -0.369 e. The summed E-state index contributed by atoms with van der Waals surface area (Å²) in [5.74, 6) is -1.09. The first kappa shape index (κ1) is 13.5. The van der Waals surface area contributed by atoms with Crippen LogP contribution in [0.4, 0.5) is 14.7 Å². The molecule has 0 fully saturated rings. The van der Waals surface area contributed by atoms with Crippen molar-refractivity contribution < 1.29 is 8.78 Å². The second kappa shape index (κ2) is 4.82. The van der Waals surface area contributed by atoms with Crippen LogP contribution in [0.2, 0.25) is 0 Å². The van der Waals surface area contributed by atoms with Crippen LogP contribution in [0.25, 0.3) is 16.7 Å². The van der Waals surface area contributed by atoms with Crippen molar-refractivity contribution in [2.45, 2.75) is 0 Å². The zero-order chi connectivity index (χ0) is 15.1. The van der Waals surface area contributed by atoms with Gasteiger partial charge < -0.3 is 5.73 Å². The summed E-state index contributed by atoms with van der Waals surface area (Å²) >= 11 is 3.09. The summed E-state index contributed by atoms with van der Waals surface area (Å²) in [6, 6.07) is 8.72. The maximum atomic E-state index is 13.8. The molecule has 0 atom stereocenters. The van der Waals surface area contributed by atoms with Gasteiger partial charge in [-0.25, -0.2) is 13.8 Å². The van der Waals surface area contributed by atoms with Crippen molar-refractivity contribution in [3.05, 3.63) is 52.0 Å². The van der Waals surface area contributed by atoms with Crippen molar-refractivity contribution in [3.63, 3.8) is 0 Å². The van der Waals surface area contributed by atoms with E-state index in [1.807, 2.05) is 0 Å². The number of nitriles is 1. The topological polar surface area (TPSA) is 67.6 Å². The molecule has 1 heterocycles. The highest BCUT2D eigenvalue weighted by molar-refractivity contribution is 9.10. The Kier molecular flexibility index (Phi) is 3.11. The number of hydrogen-bond acceptors (Lipinski definition) is 3. The van der Waals surface area contributed by atoms with Crippen molar-refractivity contribution in [1.29, 1.82) is 5.26 Å². The number of halogens is 3.